The zero-order valence-electron chi connectivity index (χ0n) is 18.7. The molecule has 32 heavy (non-hydrogen) atoms. The van der Waals surface area contributed by atoms with Gasteiger partial charge in [0.2, 0.25) is 0 Å². The monoisotopic (exact) mass is 432 g/mol. The zero-order chi connectivity index (χ0) is 23.3. The molecule has 0 aliphatic rings. The minimum absolute atomic E-state index is 0.110. The first-order valence-corrected chi connectivity index (χ1v) is 10.3. The van der Waals surface area contributed by atoms with Crippen molar-refractivity contribution in [2.45, 2.75) is 25.3 Å². The number of hydrogen-bond donors (Lipinski definition) is 2. The van der Waals surface area contributed by atoms with Crippen LogP contribution in [0, 0.1) is 0 Å². The van der Waals surface area contributed by atoms with Crippen LogP contribution in [0.25, 0.3) is 0 Å². The van der Waals surface area contributed by atoms with E-state index in [1.54, 1.807) is 49.6 Å². The van der Waals surface area contributed by atoms with Crippen molar-refractivity contribution >= 4 is 17.4 Å². The summed E-state index contributed by atoms with van der Waals surface area (Å²) in [5, 5.41) is 2.87. The Labute approximate surface area is 188 Å². The number of rotatable bonds is 8. The number of hydrogen-bond acceptors (Lipinski definition) is 5. The first kappa shape index (κ1) is 23.0. The molecule has 1 atom stereocenters. The molecule has 0 fully saturated rings. The van der Waals surface area contributed by atoms with E-state index in [-0.39, 0.29) is 11.7 Å². The van der Waals surface area contributed by atoms with Gasteiger partial charge < -0.3 is 20.5 Å². The van der Waals surface area contributed by atoms with Crippen LogP contribution in [0.5, 0.6) is 11.5 Å². The molecule has 0 aliphatic carbocycles. The lowest BCUT2D eigenvalue weighted by atomic mass is 9.75. The average molecular weight is 433 g/mol. The van der Waals surface area contributed by atoms with Crippen molar-refractivity contribution in [3.63, 3.8) is 0 Å². The summed E-state index contributed by atoms with van der Waals surface area (Å²) in [6, 6.07) is 20.7. The minimum Gasteiger partial charge on any atom is -0.493 e. The van der Waals surface area contributed by atoms with Gasteiger partial charge in [-0.2, -0.15) is 0 Å². The maximum atomic E-state index is 12.8. The van der Waals surface area contributed by atoms with Gasteiger partial charge in [-0.3, -0.25) is 9.59 Å². The first-order valence-electron chi connectivity index (χ1n) is 10.3. The molecule has 0 bridgehead atoms. The normalized spacial score (nSPS) is 12.0. The molecule has 0 spiro atoms. The highest BCUT2D eigenvalue weighted by Crippen LogP contribution is 2.30. The second-order valence-corrected chi connectivity index (χ2v) is 8.03. The SMILES string of the molecule is COc1ccc(C(=O)Nc2ccc(C(C)(C)C(N)C(=O)c3ccccc3)cc2)cc1OC. The predicted molar refractivity (Wildman–Crippen MR) is 126 cm³/mol. The Morgan fingerprint density at radius 3 is 2.06 bits per heavy atom. The van der Waals surface area contributed by atoms with Gasteiger partial charge in [0, 0.05) is 22.2 Å². The first-order chi connectivity index (χ1) is 15.3. The quantitative estimate of drug-likeness (QED) is 0.514. The van der Waals surface area contributed by atoms with E-state index < -0.39 is 11.5 Å². The number of benzene rings is 3. The number of carbonyl (C=O) groups excluding carboxylic acids is 2. The van der Waals surface area contributed by atoms with E-state index in [1.807, 2.05) is 44.2 Å². The van der Waals surface area contributed by atoms with Crippen LogP contribution in [0.2, 0.25) is 0 Å². The Bertz CT molecular complexity index is 1090. The average Bonchev–Trinajstić information content (AvgIpc) is 2.83. The summed E-state index contributed by atoms with van der Waals surface area (Å²) in [7, 11) is 3.06. The lowest BCUT2D eigenvalue weighted by Crippen LogP contribution is -2.46. The summed E-state index contributed by atoms with van der Waals surface area (Å²) < 4.78 is 10.5. The zero-order valence-corrected chi connectivity index (χ0v) is 18.7. The third kappa shape index (κ3) is 4.81. The molecule has 3 rings (SSSR count). The largest absolute Gasteiger partial charge is 0.493 e. The number of ether oxygens (including phenoxy) is 2. The molecule has 0 heterocycles. The molecule has 6 heteroatoms. The molecule has 1 unspecified atom stereocenters. The predicted octanol–water partition coefficient (Wildman–Crippen LogP) is 4.44. The number of carbonyl (C=O) groups is 2. The maximum absolute atomic E-state index is 12.8. The Hall–Kier alpha value is -3.64. The fraction of sp³-hybridized carbons (Fsp3) is 0.231. The molecule has 3 aromatic carbocycles. The molecule has 0 saturated carbocycles. The molecule has 166 valence electrons. The number of nitrogens with two attached hydrogens (primary N) is 1. The molecule has 3 N–H and O–H groups in total. The van der Waals surface area contributed by atoms with E-state index in [9.17, 15) is 9.59 Å². The summed E-state index contributed by atoms with van der Waals surface area (Å²) in [5.74, 6) is 0.654. The number of ketones is 1. The number of anilines is 1. The Morgan fingerprint density at radius 2 is 1.47 bits per heavy atom. The van der Waals surface area contributed by atoms with Gasteiger partial charge >= 0.3 is 0 Å². The fourth-order valence-electron chi connectivity index (χ4n) is 3.45. The minimum atomic E-state index is -0.711. The maximum Gasteiger partial charge on any atom is 0.255 e. The number of amides is 1. The molecule has 1 amide bonds. The molecule has 0 saturated heterocycles. The molecule has 0 aliphatic heterocycles. The van der Waals surface area contributed by atoms with Crippen molar-refractivity contribution in [1.82, 2.24) is 0 Å². The van der Waals surface area contributed by atoms with Crippen molar-refractivity contribution < 1.29 is 19.1 Å². The Morgan fingerprint density at radius 1 is 0.844 bits per heavy atom. The topological polar surface area (TPSA) is 90.6 Å². The Kier molecular flexibility index (Phi) is 6.95. The van der Waals surface area contributed by atoms with Crippen LogP contribution in [-0.4, -0.2) is 32.0 Å². The van der Waals surface area contributed by atoms with Gasteiger partial charge in [0.05, 0.1) is 20.3 Å². The van der Waals surface area contributed by atoms with Crippen LogP contribution in [0.15, 0.2) is 72.8 Å². The van der Waals surface area contributed by atoms with E-state index in [1.165, 1.54) is 7.11 Å². The smallest absolute Gasteiger partial charge is 0.255 e. The molecule has 0 aromatic heterocycles. The van der Waals surface area contributed by atoms with Crippen LogP contribution < -0.4 is 20.5 Å². The molecule has 0 radical (unpaired) electrons. The van der Waals surface area contributed by atoms with Crippen molar-refractivity contribution in [3.8, 4) is 11.5 Å². The molecule has 6 nitrogen and oxygen atoms in total. The summed E-state index contributed by atoms with van der Waals surface area (Å²) in [6.45, 7) is 3.88. The highest BCUT2D eigenvalue weighted by atomic mass is 16.5. The van der Waals surface area contributed by atoms with Gasteiger partial charge in [0.25, 0.3) is 5.91 Å². The summed E-state index contributed by atoms with van der Waals surface area (Å²) in [5.41, 5.74) is 8.33. The standard InChI is InChI=1S/C26H28N2O4/c1-26(2,24(27)23(29)17-8-6-5-7-9-17)19-11-13-20(14-12-19)28-25(30)18-10-15-21(31-3)22(16-18)32-4/h5-16,24H,27H2,1-4H3,(H,28,30). The van der Waals surface area contributed by atoms with Gasteiger partial charge in [-0.15, -0.1) is 0 Å². The lowest BCUT2D eigenvalue weighted by Gasteiger charge is -2.31. The van der Waals surface area contributed by atoms with Gasteiger partial charge in [-0.25, -0.2) is 0 Å². The third-order valence-electron chi connectivity index (χ3n) is 5.65. The molecular formula is C26H28N2O4. The van der Waals surface area contributed by atoms with E-state index >= 15 is 0 Å². The number of Topliss-reactive ketones (excluding diaryl/α,β-unsaturated/α-hetero) is 1. The van der Waals surface area contributed by atoms with Crippen molar-refractivity contribution in [2.24, 2.45) is 5.73 Å². The third-order valence-corrected chi connectivity index (χ3v) is 5.65. The highest BCUT2D eigenvalue weighted by molar-refractivity contribution is 6.04. The van der Waals surface area contributed by atoms with Crippen molar-refractivity contribution in [1.29, 1.82) is 0 Å². The van der Waals surface area contributed by atoms with Gasteiger partial charge in [0.15, 0.2) is 17.3 Å². The fourth-order valence-corrected chi connectivity index (χ4v) is 3.45. The Balaban J connectivity index is 1.74. The van der Waals surface area contributed by atoms with Crippen LogP contribution in [0.1, 0.15) is 40.1 Å². The summed E-state index contributed by atoms with van der Waals surface area (Å²) in [6.07, 6.45) is 0. The summed E-state index contributed by atoms with van der Waals surface area (Å²) >= 11 is 0. The second-order valence-electron chi connectivity index (χ2n) is 8.03. The molecular weight excluding hydrogens is 404 g/mol. The van der Waals surface area contributed by atoms with Crippen LogP contribution in [0.4, 0.5) is 5.69 Å². The van der Waals surface area contributed by atoms with Crippen LogP contribution in [-0.2, 0) is 5.41 Å². The molecule has 3 aromatic rings. The number of nitrogens with one attached hydrogen (secondary N) is 1. The van der Waals surface area contributed by atoms with E-state index in [2.05, 4.69) is 5.32 Å². The van der Waals surface area contributed by atoms with Crippen molar-refractivity contribution in [3.05, 3.63) is 89.5 Å². The van der Waals surface area contributed by atoms with Crippen LogP contribution in [0.3, 0.4) is 0 Å². The van der Waals surface area contributed by atoms with Gasteiger partial charge in [-0.05, 0) is 35.9 Å². The summed E-state index contributed by atoms with van der Waals surface area (Å²) in [4.78, 5) is 25.5. The van der Waals surface area contributed by atoms with E-state index in [0.29, 0.717) is 28.3 Å². The number of methoxy groups -OCH3 is 2. The van der Waals surface area contributed by atoms with Gasteiger partial charge in [-0.1, -0.05) is 56.3 Å². The van der Waals surface area contributed by atoms with Crippen LogP contribution >= 0.6 is 0 Å². The van der Waals surface area contributed by atoms with Gasteiger partial charge in [0.1, 0.15) is 0 Å². The highest BCUT2D eigenvalue weighted by Gasteiger charge is 2.34. The van der Waals surface area contributed by atoms with E-state index in [4.69, 9.17) is 15.2 Å². The van der Waals surface area contributed by atoms with Crippen molar-refractivity contribution in [2.75, 3.05) is 19.5 Å². The second kappa shape index (κ2) is 9.66. The van der Waals surface area contributed by atoms with E-state index in [0.717, 1.165) is 5.56 Å². The lowest BCUT2D eigenvalue weighted by molar-refractivity contribution is 0.0926.